The molecule has 8 nitrogen and oxygen atoms in total. The van der Waals surface area contributed by atoms with Gasteiger partial charge in [-0.15, -0.1) is 0 Å². The van der Waals surface area contributed by atoms with E-state index in [-0.39, 0.29) is 58.5 Å². The molecule has 0 aliphatic heterocycles. The molecular formula is C22H26O8. The van der Waals surface area contributed by atoms with Crippen LogP contribution in [0.25, 0.3) is 0 Å². The van der Waals surface area contributed by atoms with Crippen LogP contribution >= 0.6 is 0 Å². The van der Waals surface area contributed by atoms with Crippen molar-refractivity contribution in [1.82, 2.24) is 0 Å². The Labute approximate surface area is 175 Å². The lowest BCUT2D eigenvalue weighted by Crippen LogP contribution is -2.04. The maximum absolute atomic E-state index is 12.4. The van der Waals surface area contributed by atoms with E-state index >= 15 is 0 Å². The zero-order chi connectivity index (χ0) is 22.3. The van der Waals surface area contributed by atoms with E-state index in [1.54, 1.807) is 12.1 Å². The van der Waals surface area contributed by atoms with Crippen molar-refractivity contribution in [3.63, 3.8) is 0 Å². The second kappa shape index (κ2) is 10.4. The average Bonchev–Trinajstić information content (AvgIpc) is 2.75. The van der Waals surface area contributed by atoms with E-state index in [0.717, 1.165) is 0 Å². The number of methoxy groups -OCH3 is 4. The Kier molecular flexibility index (Phi) is 7.91. The van der Waals surface area contributed by atoms with Gasteiger partial charge in [-0.3, -0.25) is 9.59 Å². The molecule has 2 aromatic carbocycles. The van der Waals surface area contributed by atoms with E-state index in [0.29, 0.717) is 24.3 Å². The Morgan fingerprint density at radius 2 is 1.03 bits per heavy atom. The number of ketones is 2. The van der Waals surface area contributed by atoms with Crippen LogP contribution in [0.3, 0.4) is 0 Å². The molecule has 0 bridgehead atoms. The minimum atomic E-state index is -0.270. The Morgan fingerprint density at radius 3 is 1.33 bits per heavy atom. The summed E-state index contributed by atoms with van der Waals surface area (Å²) in [5, 5.41) is 20.5. The molecule has 0 aliphatic rings. The van der Waals surface area contributed by atoms with Crippen molar-refractivity contribution < 1.29 is 38.7 Å². The number of hydrogen-bond donors (Lipinski definition) is 2. The van der Waals surface area contributed by atoms with Crippen LogP contribution in [0.4, 0.5) is 0 Å². The summed E-state index contributed by atoms with van der Waals surface area (Å²) in [6.07, 6.45) is 1.17. The quantitative estimate of drug-likeness (QED) is 0.419. The maximum Gasteiger partial charge on any atom is 0.203 e. The number of rotatable bonds is 11. The van der Waals surface area contributed by atoms with Crippen LogP contribution in [0.1, 0.15) is 46.4 Å². The molecule has 0 amide bonds. The lowest BCUT2D eigenvalue weighted by molar-refractivity contribution is 0.0951. The summed E-state index contributed by atoms with van der Waals surface area (Å²) in [6, 6.07) is 6.06. The highest BCUT2D eigenvalue weighted by molar-refractivity contribution is 6.00. The summed E-state index contributed by atoms with van der Waals surface area (Å²) in [6.45, 7) is 0. The number of ether oxygens (including phenoxy) is 4. The lowest BCUT2D eigenvalue weighted by Gasteiger charge is -2.12. The molecule has 0 unspecified atom stereocenters. The second-order valence-corrected chi connectivity index (χ2v) is 6.45. The molecule has 0 atom stereocenters. The van der Waals surface area contributed by atoms with Crippen LogP contribution in [0.15, 0.2) is 24.3 Å². The van der Waals surface area contributed by atoms with Gasteiger partial charge in [0.05, 0.1) is 39.6 Å². The van der Waals surface area contributed by atoms with Gasteiger partial charge in [-0.1, -0.05) is 0 Å². The van der Waals surface area contributed by atoms with E-state index in [9.17, 15) is 19.8 Å². The van der Waals surface area contributed by atoms with Crippen LogP contribution in [-0.2, 0) is 0 Å². The first-order valence-corrected chi connectivity index (χ1v) is 9.33. The van der Waals surface area contributed by atoms with Gasteiger partial charge in [-0.05, 0) is 37.1 Å². The molecule has 0 fully saturated rings. The fraction of sp³-hybridized carbons (Fsp3) is 0.364. The number of hydrogen-bond acceptors (Lipinski definition) is 8. The third-order valence-corrected chi connectivity index (χ3v) is 4.70. The number of aromatic hydroxyl groups is 2. The summed E-state index contributed by atoms with van der Waals surface area (Å²) in [4.78, 5) is 24.9. The van der Waals surface area contributed by atoms with E-state index in [4.69, 9.17) is 18.9 Å². The predicted molar refractivity (Wildman–Crippen MR) is 110 cm³/mol. The maximum atomic E-state index is 12.4. The number of Topliss-reactive ketones (excluding diaryl/α,β-unsaturated/α-hetero) is 2. The fourth-order valence-electron chi connectivity index (χ4n) is 3.11. The van der Waals surface area contributed by atoms with E-state index in [1.165, 1.54) is 40.6 Å². The second-order valence-electron chi connectivity index (χ2n) is 6.45. The summed E-state index contributed by atoms with van der Waals surface area (Å²) >= 11 is 0. The van der Waals surface area contributed by atoms with Gasteiger partial charge in [-0.2, -0.15) is 0 Å². The van der Waals surface area contributed by atoms with Crippen LogP contribution < -0.4 is 18.9 Å². The van der Waals surface area contributed by atoms with Crippen molar-refractivity contribution in [2.75, 3.05) is 28.4 Å². The van der Waals surface area contributed by atoms with Gasteiger partial charge in [0.2, 0.25) is 11.5 Å². The summed E-state index contributed by atoms with van der Waals surface area (Å²) in [5.74, 6) is -0.227. The molecule has 162 valence electrons. The first-order chi connectivity index (χ1) is 14.4. The van der Waals surface area contributed by atoms with Crippen molar-refractivity contribution in [2.24, 2.45) is 0 Å². The summed E-state index contributed by atoms with van der Waals surface area (Å²) < 4.78 is 20.4. The third kappa shape index (κ3) is 4.76. The van der Waals surface area contributed by atoms with Gasteiger partial charge in [0.25, 0.3) is 0 Å². The number of carbonyl (C=O) groups excluding carboxylic acids is 2. The van der Waals surface area contributed by atoms with E-state index in [1.807, 2.05) is 0 Å². The van der Waals surface area contributed by atoms with Crippen LogP contribution in [0.5, 0.6) is 34.5 Å². The smallest absolute Gasteiger partial charge is 0.203 e. The highest BCUT2D eigenvalue weighted by atomic mass is 16.5. The highest BCUT2D eigenvalue weighted by Crippen LogP contribution is 2.40. The van der Waals surface area contributed by atoms with Gasteiger partial charge in [0.15, 0.2) is 34.6 Å². The normalized spacial score (nSPS) is 10.4. The molecule has 30 heavy (non-hydrogen) atoms. The Balaban J connectivity index is 1.97. The topological polar surface area (TPSA) is 112 Å². The molecule has 0 aromatic heterocycles. The largest absolute Gasteiger partial charge is 0.504 e. The van der Waals surface area contributed by atoms with Gasteiger partial charge < -0.3 is 29.2 Å². The van der Waals surface area contributed by atoms with Gasteiger partial charge in [0, 0.05) is 12.8 Å². The SMILES string of the molecule is COc1ccc(C(=O)CCCCC(=O)c2ccc(OC)c(OC)c2O)c(O)c1OC. The zero-order valence-electron chi connectivity index (χ0n) is 17.5. The van der Waals surface area contributed by atoms with Crippen molar-refractivity contribution in [3.8, 4) is 34.5 Å². The predicted octanol–water partition coefficient (Wildman–Crippen LogP) is 3.76. The molecule has 2 N–H and O–H groups in total. The van der Waals surface area contributed by atoms with Crippen LogP contribution in [0, 0.1) is 0 Å². The molecular weight excluding hydrogens is 392 g/mol. The molecule has 0 radical (unpaired) electrons. The number of carbonyl (C=O) groups is 2. The first-order valence-electron chi connectivity index (χ1n) is 9.33. The van der Waals surface area contributed by atoms with Crippen molar-refractivity contribution in [2.45, 2.75) is 25.7 Å². The van der Waals surface area contributed by atoms with E-state index in [2.05, 4.69) is 0 Å². The standard InChI is InChI=1S/C22H26O8/c1-27-17-11-9-13(19(25)21(17)29-3)15(23)7-5-6-8-16(24)14-10-12-18(28-2)22(30-4)20(14)26/h9-12,25-26H,5-8H2,1-4H3. The molecule has 0 heterocycles. The minimum absolute atomic E-state index is 0.0995. The summed E-state index contributed by atoms with van der Waals surface area (Å²) in [5.41, 5.74) is 0.271. The zero-order valence-corrected chi connectivity index (χ0v) is 17.5. The highest BCUT2D eigenvalue weighted by Gasteiger charge is 2.20. The number of unbranched alkanes of at least 4 members (excludes halogenated alkanes) is 1. The molecule has 8 heteroatoms. The Morgan fingerprint density at radius 1 is 0.667 bits per heavy atom. The monoisotopic (exact) mass is 418 g/mol. The van der Waals surface area contributed by atoms with Gasteiger partial charge >= 0.3 is 0 Å². The third-order valence-electron chi connectivity index (χ3n) is 4.70. The van der Waals surface area contributed by atoms with Crippen LogP contribution in [0.2, 0.25) is 0 Å². The van der Waals surface area contributed by atoms with Gasteiger partial charge in [0.1, 0.15) is 0 Å². The average molecular weight is 418 g/mol. The van der Waals surface area contributed by atoms with E-state index < -0.39 is 0 Å². The number of phenolic OH excluding ortho intramolecular Hbond substituents is 2. The molecule has 2 rings (SSSR count). The molecule has 2 aromatic rings. The van der Waals surface area contributed by atoms with Crippen molar-refractivity contribution in [3.05, 3.63) is 35.4 Å². The van der Waals surface area contributed by atoms with Gasteiger partial charge in [-0.25, -0.2) is 0 Å². The molecule has 0 saturated carbocycles. The van der Waals surface area contributed by atoms with Crippen molar-refractivity contribution >= 4 is 11.6 Å². The number of benzene rings is 2. The molecule has 0 aliphatic carbocycles. The Hall–Kier alpha value is -3.42. The minimum Gasteiger partial charge on any atom is -0.504 e. The number of phenols is 2. The first kappa shape index (κ1) is 22.9. The van der Waals surface area contributed by atoms with Crippen molar-refractivity contribution in [1.29, 1.82) is 0 Å². The van der Waals surface area contributed by atoms with Crippen LogP contribution in [-0.4, -0.2) is 50.2 Å². The Bertz CT molecular complexity index is 844. The lowest BCUT2D eigenvalue weighted by atomic mass is 10.00. The fourth-order valence-corrected chi connectivity index (χ4v) is 3.11. The molecule has 0 spiro atoms. The summed E-state index contributed by atoms with van der Waals surface area (Å²) in [7, 11) is 5.63. The molecule has 0 saturated heterocycles.